The first-order valence-corrected chi connectivity index (χ1v) is 7.00. The first kappa shape index (κ1) is 15.4. The molecule has 0 aliphatic heterocycles. The van der Waals surface area contributed by atoms with E-state index in [1.54, 1.807) is 36.4 Å². The molecule has 0 fully saturated rings. The van der Waals surface area contributed by atoms with Crippen molar-refractivity contribution in [1.82, 2.24) is 4.98 Å². The lowest BCUT2D eigenvalue weighted by Crippen LogP contribution is -2.14. The number of nitrogens with zero attached hydrogens (tertiary/aromatic N) is 1. The molecule has 0 spiro atoms. The highest BCUT2D eigenvalue weighted by Gasteiger charge is 2.15. The van der Waals surface area contributed by atoms with Gasteiger partial charge >= 0.3 is 6.01 Å². The molecule has 2 N–H and O–H groups in total. The maximum atomic E-state index is 13.1. The van der Waals surface area contributed by atoms with Crippen LogP contribution < -0.4 is 10.6 Å². The van der Waals surface area contributed by atoms with Crippen LogP contribution in [-0.2, 0) is 0 Å². The van der Waals surface area contributed by atoms with Crippen LogP contribution in [0.1, 0.15) is 20.8 Å². The van der Waals surface area contributed by atoms with Gasteiger partial charge in [0.1, 0.15) is 12.1 Å². The van der Waals surface area contributed by atoms with Crippen molar-refractivity contribution in [2.75, 3.05) is 10.6 Å². The minimum atomic E-state index is -0.579. The lowest BCUT2D eigenvalue weighted by molar-refractivity contribution is 0.101. The Labute approximate surface area is 136 Å². The van der Waals surface area contributed by atoms with Crippen LogP contribution in [0.3, 0.4) is 0 Å². The molecule has 0 bridgehead atoms. The van der Waals surface area contributed by atoms with Crippen LogP contribution in [0.4, 0.5) is 16.1 Å². The Hall–Kier alpha value is -3.48. The Kier molecular flexibility index (Phi) is 4.33. The van der Waals surface area contributed by atoms with E-state index >= 15 is 0 Å². The average molecular weight is 325 g/mol. The number of aromatic nitrogens is 1. The van der Waals surface area contributed by atoms with Crippen molar-refractivity contribution in [3.05, 3.63) is 77.9 Å². The highest BCUT2D eigenvalue weighted by molar-refractivity contribution is 6.05. The fraction of sp³-hybridized carbons (Fsp3) is 0. The number of benzene rings is 2. The summed E-state index contributed by atoms with van der Waals surface area (Å²) in [6.07, 6.45) is 1.11. The number of carbonyl (C=O) groups is 2. The lowest BCUT2D eigenvalue weighted by Gasteiger charge is -2.02. The molecule has 6 nitrogen and oxygen atoms in total. The summed E-state index contributed by atoms with van der Waals surface area (Å²) in [4.78, 5) is 27.9. The number of hydrogen-bond donors (Lipinski definition) is 2. The first-order chi connectivity index (χ1) is 11.6. The minimum absolute atomic E-state index is 0.0392. The first-order valence-electron chi connectivity index (χ1n) is 7.00. The summed E-state index contributed by atoms with van der Waals surface area (Å²) in [5, 5.41) is 4.93. The maximum Gasteiger partial charge on any atom is 0.302 e. The molecule has 1 heterocycles. The number of anilines is 2. The normalized spacial score (nSPS) is 10.2. The zero-order chi connectivity index (χ0) is 16.9. The van der Waals surface area contributed by atoms with Gasteiger partial charge in [0.2, 0.25) is 0 Å². The highest BCUT2D eigenvalue weighted by Crippen LogP contribution is 2.13. The molecule has 2 amide bonds. The molecule has 0 aliphatic rings. The van der Waals surface area contributed by atoms with Crippen molar-refractivity contribution in [3.8, 4) is 0 Å². The van der Waals surface area contributed by atoms with Gasteiger partial charge in [-0.15, -0.1) is 0 Å². The molecule has 0 unspecified atom stereocenters. The third kappa shape index (κ3) is 3.64. The predicted molar refractivity (Wildman–Crippen MR) is 85.3 cm³/mol. The number of rotatable bonds is 4. The van der Waals surface area contributed by atoms with Crippen molar-refractivity contribution in [1.29, 1.82) is 0 Å². The molecule has 0 saturated heterocycles. The maximum absolute atomic E-state index is 13.1. The van der Waals surface area contributed by atoms with Crippen LogP contribution in [0.5, 0.6) is 0 Å². The lowest BCUT2D eigenvalue weighted by atomic mass is 10.2. The van der Waals surface area contributed by atoms with Crippen molar-refractivity contribution in [2.45, 2.75) is 0 Å². The molecule has 3 aromatic rings. The SMILES string of the molecule is O=C(Nc1nc(C(=O)Nc2cccc(F)c2)co1)c1ccccc1. The van der Waals surface area contributed by atoms with E-state index in [2.05, 4.69) is 15.6 Å². The van der Waals surface area contributed by atoms with E-state index in [1.807, 2.05) is 0 Å². The van der Waals surface area contributed by atoms with Crippen LogP contribution >= 0.6 is 0 Å². The van der Waals surface area contributed by atoms with E-state index in [0.717, 1.165) is 6.26 Å². The van der Waals surface area contributed by atoms with Gasteiger partial charge in [0, 0.05) is 11.3 Å². The summed E-state index contributed by atoms with van der Waals surface area (Å²) >= 11 is 0. The Balaban J connectivity index is 1.67. The molecule has 0 saturated carbocycles. The number of amides is 2. The van der Waals surface area contributed by atoms with Gasteiger partial charge in [-0.05, 0) is 30.3 Å². The quantitative estimate of drug-likeness (QED) is 0.770. The Morgan fingerprint density at radius 1 is 0.958 bits per heavy atom. The van der Waals surface area contributed by atoms with Gasteiger partial charge in [-0.25, -0.2) is 4.39 Å². The Bertz CT molecular complexity index is 878. The van der Waals surface area contributed by atoms with Crippen LogP contribution in [0.25, 0.3) is 0 Å². The largest absolute Gasteiger partial charge is 0.431 e. The van der Waals surface area contributed by atoms with Gasteiger partial charge in [-0.1, -0.05) is 24.3 Å². The van der Waals surface area contributed by atoms with E-state index in [4.69, 9.17) is 4.42 Å². The Morgan fingerprint density at radius 2 is 1.75 bits per heavy atom. The second-order valence-corrected chi connectivity index (χ2v) is 4.82. The van der Waals surface area contributed by atoms with Crippen molar-refractivity contribution < 1.29 is 18.4 Å². The molecule has 0 atom stereocenters. The van der Waals surface area contributed by atoms with Gasteiger partial charge in [-0.2, -0.15) is 4.98 Å². The van der Waals surface area contributed by atoms with Crippen LogP contribution in [0.2, 0.25) is 0 Å². The molecular weight excluding hydrogens is 313 g/mol. The topological polar surface area (TPSA) is 84.2 Å². The third-order valence-corrected chi connectivity index (χ3v) is 3.08. The molecule has 0 aliphatic carbocycles. The summed E-state index contributed by atoms with van der Waals surface area (Å²) in [5.41, 5.74) is 0.682. The zero-order valence-electron chi connectivity index (χ0n) is 12.3. The van der Waals surface area contributed by atoms with E-state index in [0.29, 0.717) is 5.56 Å². The number of oxazole rings is 1. The number of nitrogens with one attached hydrogen (secondary N) is 2. The fourth-order valence-corrected chi connectivity index (χ4v) is 1.96. The van der Waals surface area contributed by atoms with Crippen molar-refractivity contribution >= 4 is 23.5 Å². The smallest absolute Gasteiger partial charge is 0.302 e. The average Bonchev–Trinajstić information content (AvgIpc) is 3.04. The van der Waals surface area contributed by atoms with E-state index in [9.17, 15) is 14.0 Å². The summed E-state index contributed by atoms with van der Waals surface area (Å²) < 4.78 is 18.2. The molecule has 2 aromatic carbocycles. The monoisotopic (exact) mass is 325 g/mol. The summed E-state index contributed by atoms with van der Waals surface area (Å²) in [6, 6.07) is 13.9. The van der Waals surface area contributed by atoms with Gasteiger partial charge in [0.15, 0.2) is 5.69 Å². The summed E-state index contributed by atoms with van der Waals surface area (Å²) in [7, 11) is 0. The summed E-state index contributed by atoms with van der Waals surface area (Å²) in [6.45, 7) is 0. The van der Waals surface area contributed by atoms with E-state index in [-0.39, 0.29) is 17.4 Å². The summed E-state index contributed by atoms with van der Waals surface area (Å²) in [5.74, 6) is -1.46. The van der Waals surface area contributed by atoms with Gasteiger partial charge in [0.05, 0.1) is 0 Å². The van der Waals surface area contributed by atoms with Crippen molar-refractivity contribution in [3.63, 3.8) is 0 Å². The molecule has 120 valence electrons. The van der Waals surface area contributed by atoms with Crippen LogP contribution in [0.15, 0.2) is 65.3 Å². The van der Waals surface area contributed by atoms with Gasteiger partial charge < -0.3 is 9.73 Å². The van der Waals surface area contributed by atoms with Gasteiger partial charge in [-0.3, -0.25) is 14.9 Å². The molecule has 1 aromatic heterocycles. The number of halogens is 1. The Morgan fingerprint density at radius 3 is 2.50 bits per heavy atom. The zero-order valence-corrected chi connectivity index (χ0v) is 12.3. The standard InChI is InChI=1S/C17H12FN3O3/c18-12-7-4-8-13(9-12)19-16(23)14-10-24-17(20-14)21-15(22)11-5-2-1-3-6-11/h1-10H,(H,19,23)(H,20,21,22). The predicted octanol–water partition coefficient (Wildman–Crippen LogP) is 3.32. The number of hydrogen-bond acceptors (Lipinski definition) is 4. The van der Waals surface area contributed by atoms with Gasteiger partial charge in [0.25, 0.3) is 11.8 Å². The highest BCUT2D eigenvalue weighted by atomic mass is 19.1. The fourth-order valence-electron chi connectivity index (χ4n) is 1.96. The molecule has 24 heavy (non-hydrogen) atoms. The third-order valence-electron chi connectivity index (χ3n) is 3.08. The van der Waals surface area contributed by atoms with E-state index in [1.165, 1.54) is 18.2 Å². The van der Waals surface area contributed by atoms with Crippen molar-refractivity contribution in [2.24, 2.45) is 0 Å². The minimum Gasteiger partial charge on any atom is -0.431 e. The molecule has 7 heteroatoms. The molecule has 0 radical (unpaired) electrons. The second-order valence-electron chi connectivity index (χ2n) is 4.82. The van der Waals surface area contributed by atoms with Crippen LogP contribution in [-0.4, -0.2) is 16.8 Å². The molecule has 3 rings (SSSR count). The van der Waals surface area contributed by atoms with E-state index < -0.39 is 17.6 Å². The number of carbonyl (C=O) groups excluding carboxylic acids is 2. The molecular formula is C17H12FN3O3. The second kappa shape index (κ2) is 6.74. The van der Waals surface area contributed by atoms with Crippen LogP contribution in [0, 0.1) is 5.82 Å².